The Bertz CT molecular complexity index is 577. The summed E-state index contributed by atoms with van der Waals surface area (Å²) in [5.74, 6) is 0.501. The molecule has 0 N–H and O–H groups in total. The van der Waals surface area contributed by atoms with Crippen LogP contribution in [-0.2, 0) is 0 Å². The number of fused-ring (bicyclic) bond motifs is 1. The number of hydrogen-bond donors (Lipinski definition) is 0. The standard InChI is InChI=1S/C11H7BrClF2NO/c1-17-8-3-2-5(12)10-9(8)6(13)4-7(16-10)11(14)15/h2-4,11H,1H3. The van der Waals surface area contributed by atoms with Crippen molar-refractivity contribution in [1.29, 1.82) is 0 Å². The van der Waals surface area contributed by atoms with E-state index in [1.807, 2.05) is 0 Å². The second-order valence-corrected chi connectivity index (χ2v) is 4.56. The zero-order valence-corrected chi connectivity index (χ0v) is 11.0. The summed E-state index contributed by atoms with van der Waals surface area (Å²) in [5.41, 5.74) is 0.0172. The third-order valence-corrected chi connectivity index (χ3v) is 3.23. The zero-order valence-electron chi connectivity index (χ0n) is 8.68. The van der Waals surface area contributed by atoms with Gasteiger partial charge in [-0.1, -0.05) is 11.6 Å². The van der Waals surface area contributed by atoms with Crippen molar-refractivity contribution in [3.8, 4) is 5.75 Å². The van der Waals surface area contributed by atoms with E-state index < -0.39 is 6.43 Å². The van der Waals surface area contributed by atoms with Gasteiger partial charge in [-0.15, -0.1) is 0 Å². The van der Waals surface area contributed by atoms with E-state index in [-0.39, 0.29) is 10.7 Å². The molecule has 2 aromatic rings. The Kier molecular flexibility index (Phi) is 3.49. The SMILES string of the molecule is COc1ccc(Br)c2nc(C(F)F)cc(Cl)c12. The summed E-state index contributed by atoms with van der Waals surface area (Å²) in [4.78, 5) is 3.88. The number of alkyl halides is 2. The number of rotatable bonds is 2. The van der Waals surface area contributed by atoms with Crippen LogP contribution in [0.4, 0.5) is 8.78 Å². The third-order valence-electron chi connectivity index (χ3n) is 2.29. The Morgan fingerprint density at radius 3 is 2.71 bits per heavy atom. The van der Waals surface area contributed by atoms with Gasteiger partial charge in [0.15, 0.2) is 0 Å². The van der Waals surface area contributed by atoms with Crippen LogP contribution < -0.4 is 4.74 Å². The van der Waals surface area contributed by atoms with Crippen molar-refractivity contribution in [3.63, 3.8) is 0 Å². The van der Waals surface area contributed by atoms with Gasteiger partial charge in [0.05, 0.1) is 23.0 Å². The largest absolute Gasteiger partial charge is 0.496 e. The molecule has 0 saturated carbocycles. The fourth-order valence-electron chi connectivity index (χ4n) is 1.53. The number of hydrogen-bond acceptors (Lipinski definition) is 2. The number of aromatic nitrogens is 1. The molecule has 0 radical (unpaired) electrons. The van der Waals surface area contributed by atoms with Gasteiger partial charge in [0.1, 0.15) is 11.4 Å². The molecule has 0 unspecified atom stereocenters. The molecule has 90 valence electrons. The summed E-state index contributed by atoms with van der Waals surface area (Å²) in [6, 6.07) is 4.53. The van der Waals surface area contributed by atoms with Crippen LogP contribution in [0, 0.1) is 0 Å². The van der Waals surface area contributed by atoms with Crippen LogP contribution in [0.15, 0.2) is 22.7 Å². The summed E-state index contributed by atoms with van der Waals surface area (Å²) in [6.07, 6.45) is -2.66. The fraction of sp³-hybridized carbons (Fsp3) is 0.182. The molecule has 0 aliphatic heterocycles. The normalized spacial score (nSPS) is 11.2. The minimum Gasteiger partial charge on any atom is -0.496 e. The first-order chi connectivity index (χ1) is 8.04. The summed E-state index contributed by atoms with van der Waals surface area (Å²) in [7, 11) is 1.49. The lowest BCUT2D eigenvalue weighted by Crippen LogP contribution is -1.94. The molecule has 1 heterocycles. The summed E-state index contributed by atoms with van der Waals surface area (Å²) in [6.45, 7) is 0. The van der Waals surface area contributed by atoms with Gasteiger partial charge in [-0.2, -0.15) is 0 Å². The van der Waals surface area contributed by atoms with Crippen LogP contribution in [0.2, 0.25) is 5.02 Å². The van der Waals surface area contributed by atoms with E-state index in [0.29, 0.717) is 21.1 Å². The molecule has 17 heavy (non-hydrogen) atoms. The number of pyridine rings is 1. The van der Waals surface area contributed by atoms with E-state index in [1.165, 1.54) is 7.11 Å². The first kappa shape index (κ1) is 12.5. The molecule has 2 nitrogen and oxygen atoms in total. The van der Waals surface area contributed by atoms with Crippen LogP contribution >= 0.6 is 27.5 Å². The highest BCUT2D eigenvalue weighted by atomic mass is 79.9. The molecule has 0 saturated heterocycles. The lowest BCUT2D eigenvalue weighted by Gasteiger charge is -2.10. The van der Waals surface area contributed by atoms with Crippen molar-refractivity contribution in [3.05, 3.63) is 33.4 Å². The van der Waals surface area contributed by atoms with Crippen molar-refractivity contribution in [2.45, 2.75) is 6.43 Å². The van der Waals surface area contributed by atoms with E-state index in [9.17, 15) is 8.78 Å². The molecule has 2 rings (SSSR count). The van der Waals surface area contributed by atoms with Gasteiger partial charge in [0.25, 0.3) is 6.43 Å². The highest BCUT2D eigenvalue weighted by molar-refractivity contribution is 9.10. The van der Waals surface area contributed by atoms with Crippen molar-refractivity contribution < 1.29 is 13.5 Å². The number of methoxy groups -OCH3 is 1. The molecule has 0 spiro atoms. The molecular formula is C11H7BrClF2NO. The molecule has 0 aliphatic rings. The maximum absolute atomic E-state index is 12.6. The van der Waals surface area contributed by atoms with Crippen molar-refractivity contribution in [1.82, 2.24) is 4.98 Å². The zero-order chi connectivity index (χ0) is 12.6. The van der Waals surface area contributed by atoms with E-state index in [4.69, 9.17) is 16.3 Å². The van der Waals surface area contributed by atoms with E-state index >= 15 is 0 Å². The Morgan fingerprint density at radius 2 is 2.12 bits per heavy atom. The second kappa shape index (κ2) is 4.74. The van der Waals surface area contributed by atoms with Crippen molar-refractivity contribution in [2.24, 2.45) is 0 Å². The van der Waals surface area contributed by atoms with Crippen molar-refractivity contribution >= 4 is 38.4 Å². The van der Waals surface area contributed by atoms with Gasteiger partial charge in [-0.05, 0) is 34.1 Å². The first-order valence-corrected chi connectivity index (χ1v) is 5.82. The molecule has 0 bridgehead atoms. The van der Waals surface area contributed by atoms with Gasteiger partial charge in [0.2, 0.25) is 0 Å². The van der Waals surface area contributed by atoms with Gasteiger partial charge in [0, 0.05) is 4.47 Å². The van der Waals surface area contributed by atoms with E-state index in [2.05, 4.69) is 20.9 Å². The maximum Gasteiger partial charge on any atom is 0.280 e. The number of nitrogens with zero attached hydrogens (tertiary/aromatic N) is 1. The molecule has 0 atom stereocenters. The van der Waals surface area contributed by atoms with Crippen molar-refractivity contribution in [2.75, 3.05) is 7.11 Å². The molecular weight excluding hydrogens is 315 g/mol. The highest BCUT2D eigenvalue weighted by Crippen LogP contribution is 2.37. The van der Waals surface area contributed by atoms with Crippen LogP contribution in [0.3, 0.4) is 0 Å². The lowest BCUT2D eigenvalue weighted by atomic mass is 10.2. The van der Waals surface area contributed by atoms with E-state index in [0.717, 1.165) is 6.07 Å². The van der Waals surface area contributed by atoms with Gasteiger partial charge in [-0.25, -0.2) is 13.8 Å². The minimum atomic E-state index is -2.66. The monoisotopic (exact) mass is 321 g/mol. The average molecular weight is 323 g/mol. The van der Waals surface area contributed by atoms with Crippen LogP contribution in [0.1, 0.15) is 12.1 Å². The number of ether oxygens (including phenoxy) is 1. The summed E-state index contributed by atoms with van der Waals surface area (Å²) < 4.78 is 31.0. The molecule has 1 aromatic heterocycles. The second-order valence-electron chi connectivity index (χ2n) is 3.30. The molecule has 0 amide bonds. The highest BCUT2D eigenvalue weighted by Gasteiger charge is 2.16. The van der Waals surface area contributed by atoms with Gasteiger partial charge < -0.3 is 4.74 Å². The van der Waals surface area contributed by atoms with Gasteiger partial charge >= 0.3 is 0 Å². The average Bonchev–Trinajstić information content (AvgIpc) is 2.30. The lowest BCUT2D eigenvalue weighted by molar-refractivity contribution is 0.146. The Hall–Kier alpha value is -0.940. The van der Waals surface area contributed by atoms with Gasteiger partial charge in [-0.3, -0.25) is 0 Å². The maximum atomic E-state index is 12.6. The number of benzene rings is 1. The van der Waals surface area contributed by atoms with Crippen LogP contribution in [0.25, 0.3) is 10.9 Å². The first-order valence-electron chi connectivity index (χ1n) is 4.65. The Labute approximate surface area is 110 Å². The Balaban J connectivity index is 2.84. The summed E-state index contributed by atoms with van der Waals surface area (Å²) in [5, 5.41) is 0.719. The molecule has 1 aromatic carbocycles. The smallest absolute Gasteiger partial charge is 0.280 e. The minimum absolute atomic E-state index is 0.198. The van der Waals surface area contributed by atoms with E-state index in [1.54, 1.807) is 12.1 Å². The Morgan fingerprint density at radius 1 is 1.41 bits per heavy atom. The third kappa shape index (κ3) is 2.21. The summed E-state index contributed by atoms with van der Waals surface area (Å²) >= 11 is 9.24. The van der Waals surface area contributed by atoms with Crippen LogP contribution in [-0.4, -0.2) is 12.1 Å². The molecule has 6 heteroatoms. The molecule has 0 aliphatic carbocycles. The predicted octanol–water partition coefficient (Wildman–Crippen LogP) is 4.60. The fourth-order valence-corrected chi connectivity index (χ4v) is 2.25. The topological polar surface area (TPSA) is 22.1 Å². The predicted molar refractivity (Wildman–Crippen MR) is 66.0 cm³/mol. The quantitative estimate of drug-likeness (QED) is 0.806. The molecule has 0 fully saturated rings. The van der Waals surface area contributed by atoms with Crippen LogP contribution in [0.5, 0.6) is 5.75 Å². The number of halogens is 4.